The molecule has 8 aromatic carbocycles. The SMILES string of the molecule is O=P1(c2ccccc2)c2cc3c4ccccc4n(-c4ccccc4)c3cc2-c2cc3c(cc2N1c1ccccc1)c1ccccc1n3-c1ccccc1. The van der Waals surface area contributed by atoms with E-state index in [0.29, 0.717) is 0 Å². The van der Waals surface area contributed by atoms with E-state index in [1.807, 2.05) is 48.5 Å². The Hall–Kier alpha value is -6.61. The molecule has 2 aromatic heterocycles. The van der Waals surface area contributed by atoms with Crippen LogP contribution in [-0.2, 0) is 4.57 Å². The lowest BCUT2D eigenvalue weighted by Gasteiger charge is -2.40. The predicted octanol–water partition coefficient (Wildman–Crippen LogP) is 11.9. The monoisotopic (exact) mass is 697 g/mol. The van der Waals surface area contributed by atoms with Gasteiger partial charge in [-0.3, -0.25) is 9.24 Å². The largest absolute Gasteiger partial charge is 0.309 e. The van der Waals surface area contributed by atoms with Crippen LogP contribution in [0.2, 0.25) is 0 Å². The standard InChI is InChI=1S/C48H32N3OP/c52-53(36-23-11-4-12-24-36)48-32-41-38-26-14-16-28-44(38)50(34-19-7-2-8-20-34)46(41)31-42(48)40-29-45-39(30-47(40)51(53)35-21-9-3-10-22-35)37-25-13-15-27-43(37)49(45)33-17-5-1-6-18-33/h1-32H. The van der Waals surface area contributed by atoms with Crippen LogP contribution in [0.5, 0.6) is 0 Å². The summed E-state index contributed by atoms with van der Waals surface area (Å²) >= 11 is 0. The lowest BCUT2D eigenvalue weighted by atomic mass is 9.98. The second kappa shape index (κ2) is 11.4. The van der Waals surface area contributed by atoms with Crippen LogP contribution in [0.4, 0.5) is 11.4 Å². The number of rotatable bonds is 4. The molecule has 0 N–H and O–H groups in total. The number of benzene rings is 8. The van der Waals surface area contributed by atoms with Crippen LogP contribution in [0.15, 0.2) is 194 Å². The first-order valence-corrected chi connectivity index (χ1v) is 19.6. The molecule has 0 amide bonds. The Morgan fingerprint density at radius 2 is 0.792 bits per heavy atom. The average molecular weight is 698 g/mol. The van der Waals surface area contributed by atoms with Crippen LogP contribution >= 0.6 is 7.29 Å². The van der Waals surface area contributed by atoms with Gasteiger partial charge in [-0.05, 0) is 90.5 Å². The first kappa shape index (κ1) is 30.1. The maximum absolute atomic E-state index is 16.7. The fraction of sp³-hybridized carbons (Fsp3) is 0. The van der Waals surface area contributed by atoms with Gasteiger partial charge in [-0.2, -0.15) is 0 Å². The number of para-hydroxylation sites is 5. The molecule has 250 valence electrons. The van der Waals surface area contributed by atoms with Gasteiger partial charge >= 0.3 is 0 Å². The number of hydrogen-bond donors (Lipinski definition) is 0. The minimum atomic E-state index is -3.54. The van der Waals surface area contributed by atoms with Crippen LogP contribution in [0.1, 0.15) is 0 Å². The fourth-order valence-corrected chi connectivity index (χ4v) is 11.6. The van der Waals surface area contributed by atoms with E-state index < -0.39 is 7.29 Å². The molecule has 4 nitrogen and oxygen atoms in total. The van der Waals surface area contributed by atoms with Crippen LogP contribution in [0, 0.1) is 0 Å². The molecular formula is C48H32N3OP. The maximum Gasteiger partial charge on any atom is 0.234 e. The molecule has 0 radical (unpaired) electrons. The minimum Gasteiger partial charge on any atom is -0.309 e. The number of aromatic nitrogens is 2. The van der Waals surface area contributed by atoms with E-state index in [0.717, 1.165) is 88.1 Å². The summed E-state index contributed by atoms with van der Waals surface area (Å²) in [6, 6.07) is 67.8. The fourth-order valence-electron chi connectivity index (χ4n) is 8.59. The molecule has 1 aliphatic rings. The highest BCUT2D eigenvalue weighted by Crippen LogP contribution is 2.62. The Morgan fingerprint density at radius 3 is 1.34 bits per heavy atom. The van der Waals surface area contributed by atoms with Gasteiger partial charge in [0.2, 0.25) is 7.29 Å². The predicted molar refractivity (Wildman–Crippen MR) is 222 cm³/mol. The zero-order valence-corrected chi connectivity index (χ0v) is 29.6. The van der Waals surface area contributed by atoms with E-state index in [1.54, 1.807) is 0 Å². The zero-order valence-electron chi connectivity index (χ0n) is 28.7. The first-order valence-electron chi connectivity index (χ1n) is 18.0. The van der Waals surface area contributed by atoms with Gasteiger partial charge in [0.05, 0.1) is 27.8 Å². The van der Waals surface area contributed by atoms with Gasteiger partial charge in [-0.1, -0.05) is 109 Å². The normalized spacial score (nSPS) is 15.3. The Labute approximate surface area is 306 Å². The van der Waals surface area contributed by atoms with Crippen molar-refractivity contribution in [2.45, 2.75) is 0 Å². The van der Waals surface area contributed by atoms with E-state index in [1.165, 1.54) is 0 Å². The summed E-state index contributed by atoms with van der Waals surface area (Å²) in [5.74, 6) is 0. The summed E-state index contributed by atoms with van der Waals surface area (Å²) in [6.45, 7) is 0. The van der Waals surface area contributed by atoms with Crippen LogP contribution in [-0.4, -0.2) is 9.13 Å². The Morgan fingerprint density at radius 1 is 0.358 bits per heavy atom. The minimum absolute atomic E-state index is 0.800. The number of anilines is 2. The highest BCUT2D eigenvalue weighted by molar-refractivity contribution is 7.81. The molecule has 0 spiro atoms. The summed E-state index contributed by atoms with van der Waals surface area (Å²) < 4.78 is 23.6. The van der Waals surface area contributed by atoms with E-state index >= 15 is 4.57 Å². The van der Waals surface area contributed by atoms with Crippen molar-refractivity contribution in [3.05, 3.63) is 194 Å². The summed E-state index contributed by atoms with van der Waals surface area (Å²) in [5, 5.41) is 6.12. The van der Waals surface area contributed by atoms with Gasteiger partial charge in [0.15, 0.2) is 0 Å². The second-order valence-electron chi connectivity index (χ2n) is 13.7. The number of fused-ring (bicyclic) bond motifs is 9. The first-order chi connectivity index (χ1) is 26.2. The van der Waals surface area contributed by atoms with Gasteiger partial charge in [0, 0.05) is 54.8 Å². The van der Waals surface area contributed by atoms with E-state index in [-0.39, 0.29) is 0 Å². The summed E-state index contributed by atoms with van der Waals surface area (Å²) in [5.41, 5.74) is 10.5. The maximum atomic E-state index is 16.7. The van der Waals surface area contributed by atoms with Crippen LogP contribution in [0.25, 0.3) is 66.1 Å². The van der Waals surface area contributed by atoms with Crippen molar-refractivity contribution in [1.82, 2.24) is 9.13 Å². The zero-order chi connectivity index (χ0) is 35.1. The van der Waals surface area contributed by atoms with Crippen molar-refractivity contribution in [2.75, 3.05) is 4.67 Å². The molecule has 1 aliphatic heterocycles. The molecule has 0 fully saturated rings. The molecule has 1 unspecified atom stereocenters. The molecule has 5 heteroatoms. The smallest absolute Gasteiger partial charge is 0.234 e. The molecule has 0 saturated carbocycles. The van der Waals surface area contributed by atoms with Crippen LogP contribution in [0.3, 0.4) is 0 Å². The van der Waals surface area contributed by atoms with Gasteiger partial charge in [0.1, 0.15) is 0 Å². The van der Waals surface area contributed by atoms with Gasteiger partial charge in [-0.25, -0.2) is 0 Å². The third-order valence-electron chi connectivity index (χ3n) is 10.8. The molecular weight excluding hydrogens is 666 g/mol. The highest BCUT2D eigenvalue weighted by atomic mass is 31.2. The molecule has 0 bridgehead atoms. The highest BCUT2D eigenvalue weighted by Gasteiger charge is 2.44. The van der Waals surface area contributed by atoms with E-state index in [4.69, 9.17) is 0 Å². The molecule has 0 saturated heterocycles. The van der Waals surface area contributed by atoms with E-state index in [2.05, 4.69) is 159 Å². The lowest BCUT2D eigenvalue weighted by Crippen LogP contribution is -2.33. The third kappa shape index (κ3) is 4.27. The molecule has 11 rings (SSSR count). The summed E-state index contributed by atoms with van der Waals surface area (Å²) in [7, 11) is -3.54. The average Bonchev–Trinajstić information content (AvgIpc) is 3.73. The Bertz CT molecular complexity index is 3080. The van der Waals surface area contributed by atoms with Gasteiger partial charge in [-0.15, -0.1) is 0 Å². The molecule has 3 heterocycles. The topological polar surface area (TPSA) is 30.2 Å². The van der Waals surface area contributed by atoms with Gasteiger partial charge < -0.3 is 9.13 Å². The molecule has 53 heavy (non-hydrogen) atoms. The Kier molecular flexibility index (Phi) is 6.49. The summed E-state index contributed by atoms with van der Waals surface area (Å²) in [6.07, 6.45) is 0. The van der Waals surface area contributed by atoms with Crippen molar-refractivity contribution >= 4 is 72.9 Å². The van der Waals surface area contributed by atoms with Crippen molar-refractivity contribution in [3.8, 4) is 22.5 Å². The van der Waals surface area contributed by atoms with Crippen molar-refractivity contribution in [1.29, 1.82) is 0 Å². The third-order valence-corrected chi connectivity index (χ3v) is 13.9. The second-order valence-corrected chi connectivity index (χ2v) is 16.3. The van der Waals surface area contributed by atoms with Crippen LogP contribution < -0.4 is 15.3 Å². The molecule has 0 aliphatic carbocycles. The van der Waals surface area contributed by atoms with Crippen molar-refractivity contribution < 1.29 is 4.57 Å². The van der Waals surface area contributed by atoms with E-state index in [9.17, 15) is 0 Å². The Balaban J connectivity index is 1.34. The quantitative estimate of drug-likeness (QED) is 0.171. The number of hydrogen-bond acceptors (Lipinski definition) is 1. The summed E-state index contributed by atoms with van der Waals surface area (Å²) in [4.78, 5) is 0. The van der Waals surface area contributed by atoms with Crippen molar-refractivity contribution in [3.63, 3.8) is 0 Å². The number of nitrogens with zero attached hydrogens (tertiary/aromatic N) is 3. The van der Waals surface area contributed by atoms with Gasteiger partial charge in [0.25, 0.3) is 0 Å². The lowest BCUT2D eigenvalue weighted by molar-refractivity contribution is 0.587. The van der Waals surface area contributed by atoms with Crippen molar-refractivity contribution in [2.24, 2.45) is 0 Å². The molecule has 10 aromatic rings. The molecule has 1 atom stereocenters.